The number of nitrogens with zero attached hydrogens (tertiary/aromatic N) is 2. The van der Waals surface area contributed by atoms with Crippen molar-refractivity contribution in [3.8, 4) is 0 Å². The van der Waals surface area contributed by atoms with Crippen LogP contribution in [0.15, 0.2) is 24.3 Å². The van der Waals surface area contributed by atoms with E-state index in [1.807, 2.05) is 0 Å². The van der Waals surface area contributed by atoms with E-state index in [-0.39, 0.29) is 18.3 Å². The van der Waals surface area contributed by atoms with Gasteiger partial charge in [-0.3, -0.25) is 4.79 Å². The van der Waals surface area contributed by atoms with Gasteiger partial charge in [0, 0.05) is 32.7 Å². The highest BCUT2D eigenvalue weighted by Gasteiger charge is 2.41. The Balaban J connectivity index is 1.46. The molecule has 2 heterocycles. The molecule has 0 aromatic heterocycles. The third-order valence-corrected chi connectivity index (χ3v) is 5.89. The van der Waals surface area contributed by atoms with E-state index >= 15 is 0 Å². The van der Waals surface area contributed by atoms with E-state index in [0.29, 0.717) is 19.5 Å². The molecule has 0 unspecified atom stereocenters. The van der Waals surface area contributed by atoms with Gasteiger partial charge in [0.1, 0.15) is 5.82 Å². The first-order valence-corrected chi connectivity index (χ1v) is 10.2. The van der Waals surface area contributed by atoms with Gasteiger partial charge in [-0.05, 0) is 62.4 Å². The lowest BCUT2D eigenvalue weighted by Gasteiger charge is -2.38. The van der Waals surface area contributed by atoms with Gasteiger partial charge in [0.25, 0.3) is 5.91 Å². The van der Waals surface area contributed by atoms with Gasteiger partial charge >= 0.3 is 0 Å². The summed E-state index contributed by atoms with van der Waals surface area (Å²) in [5, 5.41) is 14.2. The van der Waals surface area contributed by atoms with Crippen LogP contribution in [-0.4, -0.2) is 65.7 Å². The number of benzene rings is 1. The Kier molecular flexibility index (Phi) is 6.84. The van der Waals surface area contributed by atoms with Crippen LogP contribution >= 0.6 is 0 Å². The van der Waals surface area contributed by atoms with Crippen LogP contribution in [0.4, 0.5) is 4.39 Å². The topological polar surface area (TPSA) is 55.8 Å². The highest BCUT2D eigenvalue weighted by Crippen LogP contribution is 2.24. The SMILES string of the molecule is CC1CCN(CCNC[C@@]2(O)CCCN(Cc3ccc(F)cc3)C2=O)CC1. The Bertz CT molecular complexity index is 616. The molecule has 1 amide bonds. The molecule has 0 aliphatic carbocycles. The smallest absolute Gasteiger partial charge is 0.256 e. The van der Waals surface area contributed by atoms with E-state index in [1.165, 1.54) is 25.0 Å². The van der Waals surface area contributed by atoms with Gasteiger partial charge in [-0.25, -0.2) is 4.39 Å². The summed E-state index contributed by atoms with van der Waals surface area (Å²) in [5.41, 5.74) is -0.462. The number of hydrogen-bond acceptors (Lipinski definition) is 4. The zero-order chi connectivity index (χ0) is 19.3. The van der Waals surface area contributed by atoms with E-state index in [0.717, 1.165) is 44.1 Å². The van der Waals surface area contributed by atoms with Crippen molar-refractivity contribution in [2.75, 3.05) is 39.3 Å². The van der Waals surface area contributed by atoms with Crippen LogP contribution in [-0.2, 0) is 11.3 Å². The zero-order valence-electron chi connectivity index (χ0n) is 16.3. The Morgan fingerprint density at radius 2 is 1.93 bits per heavy atom. The maximum Gasteiger partial charge on any atom is 0.256 e. The molecule has 150 valence electrons. The summed E-state index contributed by atoms with van der Waals surface area (Å²) in [6.45, 7) is 7.64. The fourth-order valence-corrected chi connectivity index (χ4v) is 4.01. The second-order valence-electron chi connectivity index (χ2n) is 8.19. The molecule has 1 atom stereocenters. The predicted molar refractivity (Wildman–Crippen MR) is 104 cm³/mol. The maximum absolute atomic E-state index is 13.1. The first kappa shape index (κ1) is 20.2. The summed E-state index contributed by atoms with van der Waals surface area (Å²) in [6.07, 6.45) is 3.76. The van der Waals surface area contributed by atoms with Crippen molar-refractivity contribution in [2.45, 2.75) is 44.8 Å². The van der Waals surface area contributed by atoms with Crippen molar-refractivity contribution in [1.29, 1.82) is 0 Å². The van der Waals surface area contributed by atoms with Crippen molar-refractivity contribution >= 4 is 5.91 Å². The molecule has 1 aromatic rings. The molecule has 2 fully saturated rings. The normalized spacial score (nSPS) is 25.1. The van der Waals surface area contributed by atoms with Crippen LogP contribution in [0.2, 0.25) is 0 Å². The monoisotopic (exact) mass is 377 g/mol. The minimum atomic E-state index is -1.34. The van der Waals surface area contributed by atoms with Gasteiger partial charge in [-0.2, -0.15) is 0 Å². The molecule has 6 heteroatoms. The standard InChI is InChI=1S/C21H32FN3O2/c1-17-7-12-24(13-8-17)14-10-23-16-21(27)9-2-11-25(20(21)26)15-18-3-5-19(22)6-4-18/h3-6,17,23,27H,2,7-16H2,1H3/t21-/m0/s1. The zero-order valence-corrected chi connectivity index (χ0v) is 16.3. The average Bonchev–Trinajstić information content (AvgIpc) is 2.66. The number of carbonyl (C=O) groups is 1. The van der Waals surface area contributed by atoms with E-state index in [9.17, 15) is 14.3 Å². The molecule has 0 spiro atoms. The van der Waals surface area contributed by atoms with E-state index in [2.05, 4.69) is 17.1 Å². The molecule has 1 aromatic carbocycles. The quantitative estimate of drug-likeness (QED) is 0.714. The van der Waals surface area contributed by atoms with Crippen LogP contribution in [0.25, 0.3) is 0 Å². The summed E-state index contributed by atoms with van der Waals surface area (Å²) in [4.78, 5) is 16.9. The maximum atomic E-state index is 13.1. The minimum Gasteiger partial charge on any atom is -0.379 e. The lowest BCUT2D eigenvalue weighted by atomic mass is 9.91. The Labute approximate surface area is 161 Å². The average molecular weight is 378 g/mol. The number of rotatable bonds is 7. The van der Waals surface area contributed by atoms with Gasteiger partial charge in [-0.15, -0.1) is 0 Å². The first-order chi connectivity index (χ1) is 13.0. The number of amides is 1. The van der Waals surface area contributed by atoms with E-state index in [1.54, 1.807) is 17.0 Å². The minimum absolute atomic E-state index is 0.225. The number of aliphatic hydroxyl groups is 1. The number of hydrogen-bond donors (Lipinski definition) is 2. The van der Waals surface area contributed by atoms with Gasteiger partial charge in [0.15, 0.2) is 5.60 Å². The summed E-state index contributed by atoms with van der Waals surface area (Å²) in [7, 11) is 0. The number of halogens is 1. The molecule has 2 N–H and O–H groups in total. The van der Waals surface area contributed by atoms with Gasteiger partial charge < -0.3 is 20.2 Å². The summed E-state index contributed by atoms with van der Waals surface area (Å²) < 4.78 is 13.1. The van der Waals surface area contributed by atoms with Gasteiger partial charge in [0.05, 0.1) is 0 Å². The highest BCUT2D eigenvalue weighted by atomic mass is 19.1. The fraction of sp³-hybridized carbons (Fsp3) is 0.667. The summed E-state index contributed by atoms with van der Waals surface area (Å²) in [5.74, 6) is 0.312. The van der Waals surface area contributed by atoms with Gasteiger partial charge in [0.2, 0.25) is 0 Å². The largest absolute Gasteiger partial charge is 0.379 e. The molecule has 5 nitrogen and oxygen atoms in total. The highest BCUT2D eigenvalue weighted by molar-refractivity contribution is 5.86. The fourth-order valence-electron chi connectivity index (χ4n) is 4.01. The van der Waals surface area contributed by atoms with Crippen molar-refractivity contribution in [3.63, 3.8) is 0 Å². The molecular weight excluding hydrogens is 345 g/mol. The molecule has 0 saturated carbocycles. The summed E-state index contributed by atoms with van der Waals surface area (Å²) >= 11 is 0. The lowest BCUT2D eigenvalue weighted by Crippen LogP contribution is -2.58. The van der Waals surface area contributed by atoms with E-state index < -0.39 is 5.60 Å². The predicted octanol–water partition coefficient (Wildman–Crippen LogP) is 2.00. The second-order valence-corrected chi connectivity index (χ2v) is 8.19. The Hall–Kier alpha value is -1.50. The van der Waals surface area contributed by atoms with Crippen LogP contribution in [0.3, 0.4) is 0 Å². The van der Waals surface area contributed by atoms with Crippen molar-refractivity contribution in [3.05, 3.63) is 35.6 Å². The van der Waals surface area contributed by atoms with Gasteiger partial charge in [-0.1, -0.05) is 19.1 Å². The molecule has 27 heavy (non-hydrogen) atoms. The van der Waals surface area contributed by atoms with Crippen molar-refractivity contribution in [2.24, 2.45) is 5.92 Å². The van der Waals surface area contributed by atoms with Crippen LogP contribution in [0, 0.1) is 11.7 Å². The third-order valence-electron chi connectivity index (χ3n) is 5.89. The molecule has 0 bridgehead atoms. The van der Waals surface area contributed by atoms with Crippen LogP contribution < -0.4 is 5.32 Å². The number of piperidine rings is 2. The first-order valence-electron chi connectivity index (χ1n) is 10.2. The molecular formula is C21H32FN3O2. The van der Waals surface area contributed by atoms with Crippen molar-refractivity contribution < 1.29 is 14.3 Å². The molecule has 2 saturated heterocycles. The number of nitrogens with one attached hydrogen (secondary N) is 1. The molecule has 2 aliphatic heterocycles. The number of likely N-dealkylation sites (tertiary alicyclic amines) is 2. The van der Waals surface area contributed by atoms with Crippen molar-refractivity contribution in [1.82, 2.24) is 15.1 Å². The van der Waals surface area contributed by atoms with E-state index in [4.69, 9.17) is 0 Å². The molecule has 2 aliphatic rings. The summed E-state index contributed by atoms with van der Waals surface area (Å²) in [6, 6.07) is 6.18. The lowest BCUT2D eigenvalue weighted by molar-refractivity contribution is -0.157. The Morgan fingerprint density at radius 1 is 1.22 bits per heavy atom. The Morgan fingerprint density at radius 3 is 2.63 bits per heavy atom. The van der Waals surface area contributed by atoms with Crippen LogP contribution in [0.1, 0.15) is 38.2 Å². The molecule has 3 rings (SSSR count). The second kappa shape index (κ2) is 9.13. The molecule has 0 radical (unpaired) electrons. The number of carbonyl (C=O) groups excluding carboxylic acids is 1. The third kappa shape index (κ3) is 5.50. The van der Waals surface area contributed by atoms with Crippen LogP contribution in [0.5, 0.6) is 0 Å².